The van der Waals surface area contributed by atoms with E-state index in [9.17, 15) is 19.2 Å². The zero-order chi connectivity index (χ0) is 29.1. The quantitative estimate of drug-likeness (QED) is 0.372. The van der Waals surface area contributed by atoms with E-state index in [0.29, 0.717) is 47.7 Å². The van der Waals surface area contributed by atoms with E-state index in [1.807, 2.05) is 25.7 Å². The van der Waals surface area contributed by atoms with Crippen molar-refractivity contribution in [2.45, 2.75) is 57.2 Å². The molecule has 2 aromatic heterocycles. The lowest BCUT2D eigenvalue weighted by molar-refractivity contribution is -0.135. The van der Waals surface area contributed by atoms with Gasteiger partial charge in [0.2, 0.25) is 17.8 Å². The summed E-state index contributed by atoms with van der Waals surface area (Å²) >= 11 is 0. The van der Waals surface area contributed by atoms with Gasteiger partial charge in [0.1, 0.15) is 11.6 Å². The van der Waals surface area contributed by atoms with Crippen molar-refractivity contribution < 1.29 is 19.1 Å². The average Bonchev–Trinajstić information content (AvgIpc) is 3.10. The van der Waals surface area contributed by atoms with Crippen LogP contribution in [0.5, 0.6) is 0 Å². The smallest absolute Gasteiger partial charge is 0.410 e. The first-order valence-corrected chi connectivity index (χ1v) is 13.6. The second-order valence-corrected chi connectivity index (χ2v) is 11.9. The van der Waals surface area contributed by atoms with Crippen LogP contribution in [-0.4, -0.2) is 72.7 Å². The van der Waals surface area contributed by atoms with Gasteiger partial charge >= 0.3 is 11.8 Å². The van der Waals surface area contributed by atoms with Crippen LogP contribution in [0.15, 0.2) is 35.4 Å². The molecule has 12 nitrogen and oxygen atoms in total. The number of carbonyl (C=O) groups excluding carboxylic acids is 3. The number of aryl methyl sites for hydroxylation is 1. The highest BCUT2D eigenvalue weighted by molar-refractivity contribution is 6.00. The summed E-state index contributed by atoms with van der Waals surface area (Å²) in [6.45, 7) is 7.61. The Labute approximate surface area is 236 Å². The number of hydrogen-bond acceptors (Lipinski definition) is 8. The Bertz CT molecular complexity index is 1700. The molecule has 12 heteroatoms. The SMILES string of the molecule is Cn1c(=O)n(C2CCC(=O)NC2=O)c2ccc(C#Cc3cnc(N4CC5(CCN5C(=O)OC(C)(C)C)C4)nc3)cc21. The molecule has 5 heterocycles. The molecule has 3 fully saturated rings. The summed E-state index contributed by atoms with van der Waals surface area (Å²) in [5, 5.41) is 2.32. The van der Waals surface area contributed by atoms with Crippen LogP contribution in [0.4, 0.5) is 10.7 Å². The highest BCUT2D eigenvalue weighted by Crippen LogP contribution is 2.41. The molecule has 212 valence electrons. The Hall–Kier alpha value is -4.66. The number of likely N-dealkylation sites (tertiary alicyclic amines) is 1. The highest BCUT2D eigenvalue weighted by Gasteiger charge is 2.57. The fourth-order valence-corrected chi connectivity index (χ4v) is 5.64. The van der Waals surface area contributed by atoms with E-state index in [-0.39, 0.29) is 36.1 Å². The summed E-state index contributed by atoms with van der Waals surface area (Å²) < 4.78 is 8.46. The van der Waals surface area contributed by atoms with Crippen LogP contribution in [0.2, 0.25) is 0 Å². The van der Waals surface area contributed by atoms with Gasteiger partial charge in [0.15, 0.2) is 0 Å². The summed E-state index contributed by atoms with van der Waals surface area (Å²) in [7, 11) is 1.65. The van der Waals surface area contributed by atoms with Gasteiger partial charge in [-0.3, -0.25) is 28.9 Å². The molecule has 3 aromatic rings. The van der Waals surface area contributed by atoms with Gasteiger partial charge in [-0.05, 0) is 51.8 Å². The molecule has 3 amide bonds. The van der Waals surface area contributed by atoms with Gasteiger partial charge < -0.3 is 9.64 Å². The monoisotopic (exact) mass is 557 g/mol. The number of piperidine rings is 1. The van der Waals surface area contributed by atoms with Crippen molar-refractivity contribution in [1.29, 1.82) is 0 Å². The topological polar surface area (TPSA) is 132 Å². The summed E-state index contributed by atoms with van der Waals surface area (Å²) in [6.07, 6.45) is 4.45. The van der Waals surface area contributed by atoms with Crippen LogP contribution in [0, 0.1) is 11.8 Å². The average molecular weight is 558 g/mol. The fraction of sp³-hybridized carbons (Fsp3) is 0.448. The number of fused-ring (bicyclic) bond motifs is 1. The maximum Gasteiger partial charge on any atom is 0.410 e. The van der Waals surface area contributed by atoms with Gasteiger partial charge in [-0.1, -0.05) is 11.8 Å². The lowest BCUT2D eigenvalue weighted by atomic mass is 9.78. The third-order valence-corrected chi connectivity index (χ3v) is 7.84. The van der Waals surface area contributed by atoms with E-state index < -0.39 is 17.6 Å². The third kappa shape index (κ3) is 4.71. The molecule has 1 atom stereocenters. The number of amides is 3. The number of carbonyl (C=O) groups is 3. The second-order valence-electron chi connectivity index (χ2n) is 11.9. The summed E-state index contributed by atoms with van der Waals surface area (Å²) in [5.74, 6) is 5.96. The molecule has 1 unspecified atom stereocenters. The molecule has 3 aliphatic rings. The minimum atomic E-state index is -0.734. The van der Waals surface area contributed by atoms with Crippen molar-refractivity contribution in [2.75, 3.05) is 24.5 Å². The Morgan fingerprint density at radius 3 is 2.41 bits per heavy atom. The number of aromatic nitrogens is 4. The second kappa shape index (κ2) is 9.47. The standard InChI is InChI=1S/C29H31N7O5/c1-28(2,3)41-27(40)35-12-11-29(35)16-34(17-29)25-30-14-19(15-31-25)6-5-18-7-8-20-22(13-18)33(4)26(39)36(20)21-9-10-23(37)32-24(21)38/h7-8,13-15,21H,9-12,16-17H2,1-4H3,(H,32,37,38). The van der Waals surface area contributed by atoms with Crippen molar-refractivity contribution in [3.8, 4) is 11.8 Å². The van der Waals surface area contributed by atoms with E-state index >= 15 is 0 Å². The molecule has 6 rings (SSSR count). The van der Waals surface area contributed by atoms with Gasteiger partial charge in [-0.15, -0.1) is 0 Å². The zero-order valence-corrected chi connectivity index (χ0v) is 23.4. The number of nitrogens with zero attached hydrogens (tertiary/aromatic N) is 6. The fourth-order valence-electron chi connectivity index (χ4n) is 5.64. The Morgan fingerprint density at radius 2 is 1.78 bits per heavy atom. The first kappa shape index (κ1) is 26.6. The van der Waals surface area contributed by atoms with E-state index in [4.69, 9.17) is 4.74 Å². The van der Waals surface area contributed by atoms with Crippen LogP contribution in [0.1, 0.15) is 57.2 Å². The maximum atomic E-state index is 13.0. The lowest BCUT2D eigenvalue weighted by Gasteiger charge is -2.61. The normalized spacial score (nSPS) is 19.8. The van der Waals surface area contributed by atoms with Crippen molar-refractivity contribution in [2.24, 2.45) is 7.05 Å². The maximum absolute atomic E-state index is 13.0. The van der Waals surface area contributed by atoms with Crippen molar-refractivity contribution in [1.82, 2.24) is 29.3 Å². The predicted octanol–water partition coefficient (Wildman–Crippen LogP) is 1.71. The van der Waals surface area contributed by atoms with Gasteiger partial charge in [0.05, 0.1) is 22.1 Å². The number of imide groups is 1. The van der Waals surface area contributed by atoms with Crippen molar-refractivity contribution in [3.05, 3.63) is 52.2 Å². The molecular formula is C29H31N7O5. The van der Waals surface area contributed by atoms with E-state index in [1.54, 1.807) is 42.5 Å². The van der Waals surface area contributed by atoms with Gasteiger partial charge in [-0.25, -0.2) is 19.6 Å². The van der Waals surface area contributed by atoms with E-state index in [0.717, 1.165) is 6.42 Å². The Balaban J connectivity index is 1.14. The number of benzene rings is 1. The molecule has 3 aliphatic heterocycles. The van der Waals surface area contributed by atoms with E-state index in [2.05, 4.69) is 27.1 Å². The molecule has 1 N–H and O–H groups in total. The van der Waals surface area contributed by atoms with Gasteiger partial charge in [-0.2, -0.15) is 0 Å². The molecular weight excluding hydrogens is 526 g/mol. The molecule has 0 bridgehead atoms. The number of nitrogens with one attached hydrogen (secondary N) is 1. The van der Waals surface area contributed by atoms with Crippen molar-refractivity contribution in [3.63, 3.8) is 0 Å². The Kier molecular flexibility index (Phi) is 6.13. The van der Waals surface area contributed by atoms with Crippen LogP contribution in [0.25, 0.3) is 11.0 Å². The molecule has 3 saturated heterocycles. The van der Waals surface area contributed by atoms with E-state index in [1.165, 1.54) is 9.13 Å². The van der Waals surface area contributed by atoms with Gasteiger partial charge in [0.25, 0.3) is 0 Å². The summed E-state index contributed by atoms with van der Waals surface area (Å²) in [4.78, 5) is 62.2. The van der Waals surface area contributed by atoms with Crippen LogP contribution < -0.4 is 15.9 Å². The molecule has 41 heavy (non-hydrogen) atoms. The summed E-state index contributed by atoms with van der Waals surface area (Å²) in [5.41, 5.74) is 1.51. The number of ether oxygens (including phenoxy) is 1. The Morgan fingerprint density at radius 1 is 1.07 bits per heavy atom. The first-order valence-electron chi connectivity index (χ1n) is 13.6. The molecule has 0 aliphatic carbocycles. The molecule has 1 aromatic carbocycles. The molecule has 1 spiro atoms. The number of hydrogen-bond donors (Lipinski definition) is 1. The van der Waals surface area contributed by atoms with Crippen molar-refractivity contribution >= 4 is 34.9 Å². The van der Waals surface area contributed by atoms with Crippen LogP contribution in [0.3, 0.4) is 0 Å². The van der Waals surface area contributed by atoms with Crippen LogP contribution >= 0.6 is 0 Å². The first-order chi connectivity index (χ1) is 19.4. The molecule has 0 saturated carbocycles. The van der Waals surface area contributed by atoms with Crippen LogP contribution in [-0.2, 0) is 21.4 Å². The number of anilines is 1. The minimum absolute atomic E-state index is 0.187. The highest BCUT2D eigenvalue weighted by atomic mass is 16.6. The largest absolute Gasteiger partial charge is 0.444 e. The minimum Gasteiger partial charge on any atom is -0.444 e. The molecule has 0 radical (unpaired) electrons. The summed E-state index contributed by atoms with van der Waals surface area (Å²) in [6, 6.07) is 4.63. The zero-order valence-electron chi connectivity index (χ0n) is 23.4. The number of imidazole rings is 1. The predicted molar refractivity (Wildman–Crippen MR) is 149 cm³/mol. The number of rotatable bonds is 2. The third-order valence-electron chi connectivity index (χ3n) is 7.84. The lowest BCUT2D eigenvalue weighted by Crippen LogP contribution is -2.78. The van der Waals surface area contributed by atoms with Gasteiger partial charge in [0, 0.05) is 51.1 Å².